The van der Waals surface area contributed by atoms with Crippen LogP contribution in [-0.2, 0) is 27.8 Å². The van der Waals surface area contributed by atoms with Crippen LogP contribution in [0.25, 0.3) is 32.7 Å². The van der Waals surface area contributed by atoms with Gasteiger partial charge in [-0.15, -0.1) is 0 Å². The van der Waals surface area contributed by atoms with Crippen molar-refractivity contribution in [2.24, 2.45) is 7.05 Å². The van der Waals surface area contributed by atoms with E-state index in [1.807, 2.05) is 36.0 Å². The number of hydrogen-bond acceptors (Lipinski definition) is 11. The Morgan fingerprint density at radius 1 is 0.906 bits per heavy atom. The summed E-state index contributed by atoms with van der Waals surface area (Å²) in [5.41, 5.74) is 0.332. The lowest BCUT2D eigenvalue weighted by Crippen LogP contribution is -2.44. The molecular weight excluding hydrogens is 680 g/mol. The Bertz CT molecular complexity index is 2380. The third-order valence-electron chi connectivity index (χ3n) is 8.59. The van der Waals surface area contributed by atoms with Gasteiger partial charge in [-0.05, 0) is 91.1 Å². The Morgan fingerprint density at radius 2 is 1.64 bits per heavy atom. The van der Waals surface area contributed by atoms with Crippen molar-refractivity contribution in [2.45, 2.75) is 84.8 Å². The van der Waals surface area contributed by atoms with Crippen molar-refractivity contribution in [1.29, 1.82) is 0 Å². The molecule has 2 amide bonds. The van der Waals surface area contributed by atoms with Crippen molar-refractivity contribution < 1.29 is 28.5 Å². The van der Waals surface area contributed by atoms with E-state index in [0.717, 1.165) is 46.0 Å². The smallest absolute Gasteiger partial charge is 0.425 e. The zero-order valence-corrected chi connectivity index (χ0v) is 30.8. The van der Waals surface area contributed by atoms with Gasteiger partial charge in [-0.25, -0.2) is 28.9 Å². The molecular formula is C38H42N8O7. The molecule has 1 aliphatic heterocycles. The normalized spacial score (nSPS) is 15.2. The van der Waals surface area contributed by atoms with Gasteiger partial charge in [-0.3, -0.25) is 4.79 Å². The fraction of sp³-hybridized carbons (Fsp3) is 0.395. The summed E-state index contributed by atoms with van der Waals surface area (Å²) >= 11 is 0. The maximum absolute atomic E-state index is 14.0. The Labute approximate surface area is 305 Å². The van der Waals surface area contributed by atoms with E-state index in [1.165, 1.54) is 10.7 Å². The molecule has 0 aliphatic carbocycles. The highest BCUT2D eigenvalue weighted by molar-refractivity contribution is 6.09. The summed E-state index contributed by atoms with van der Waals surface area (Å²) in [6.45, 7) is 10.8. The molecule has 0 bridgehead atoms. The zero-order chi connectivity index (χ0) is 37.7. The topological polar surface area (TPSA) is 158 Å². The molecule has 1 saturated heterocycles. The molecule has 7 rings (SSSR count). The van der Waals surface area contributed by atoms with Crippen molar-refractivity contribution in [3.05, 3.63) is 77.1 Å². The first-order chi connectivity index (χ1) is 25.2. The number of carbonyl (C=O) groups excluding carboxylic acids is 2. The Kier molecular flexibility index (Phi) is 9.14. The van der Waals surface area contributed by atoms with E-state index < -0.39 is 23.4 Å². The highest BCUT2D eigenvalue weighted by Crippen LogP contribution is 2.34. The SMILES string of the molecule is Cn1c2cc(Oc3nccc4c3cnn4C3CCCCO3)ccc2c2cnn(Cc3cccc(N(C(=O)OC(C)(C)C)C(=O)OC(C)(C)C)n3)c(=O)c21. The number of aryl methyl sites for hydroxylation is 1. The summed E-state index contributed by atoms with van der Waals surface area (Å²) < 4.78 is 28.2. The number of pyridine rings is 2. The molecule has 0 radical (unpaired) electrons. The van der Waals surface area contributed by atoms with Gasteiger partial charge in [-0.1, -0.05) is 6.07 Å². The fourth-order valence-corrected chi connectivity index (χ4v) is 6.31. The number of amides is 2. The van der Waals surface area contributed by atoms with E-state index in [2.05, 4.69) is 20.2 Å². The van der Waals surface area contributed by atoms with Crippen LogP contribution < -0.4 is 15.2 Å². The third-order valence-corrected chi connectivity index (χ3v) is 8.59. The molecule has 276 valence electrons. The molecule has 6 heterocycles. The molecule has 1 aliphatic rings. The van der Waals surface area contributed by atoms with Crippen LogP contribution in [0, 0.1) is 0 Å². The van der Waals surface area contributed by atoms with Crippen LogP contribution in [0.1, 0.15) is 72.7 Å². The molecule has 1 fully saturated rings. The van der Waals surface area contributed by atoms with Crippen LogP contribution in [0.3, 0.4) is 0 Å². The summed E-state index contributed by atoms with van der Waals surface area (Å²) in [5, 5.41) is 11.3. The van der Waals surface area contributed by atoms with Gasteiger partial charge >= 0.3 is 12.2 Å². The predicted octanol–water partition coefficient (Wildman–Crippen LogP) is 7.24. The van der Waals surface area contributed by atoms with Crippen LogP contribution in [0.4, 0.5) is 15.4 Å². The second-order valence-electron chi connectivity index (χ2n) is 15.0. The summed E-state index contributed by atoms with van der Waals surface area (Å²) in [6, 6.07) is 12.3. The van der Waals surface area contributed by atoms with Gasteiger partial charge in [0.2, 0.25) is 5.88 Å². The number of carbonyl (C=O) groups is 2. The van der Waals surface area contributed by atoms with Crippen LogP contribution in [0.5, 0.6) is 11.6 Å². The Morgan fingerprint density at radius 3 is 2.34 bits per heavy atom. The molecule has 1 aromatic carbocycles. The van der Waals surface area contributed by atoms with E-state index in [0.29, 0.717) is 34.8 Å². The molecule has 0 N–H and O–H groups in total. The van der Waals surface area contributed by atoms with Crippen LogP contribution in [-0.4, -0.2) is 64.1 Å². The minimum absolute atomic E-state index is 0.0166. The van der Waals surface area contributed by atoms with Crippen molar-refractivity contribution in [3.63, 3.8) is 0 Å². The van der Waals surface area contributed by atoms with Crippen molar-refractivity contribution >= 4 is 50.7 Å². The van der Waals surface area contributed by atoms with Crippen molar-refractivity contribution in [3.8, 4) is 11.6 Å². The highest BCUT2D eigenvalue weighted by atomic mass is 16.6. The Hall–Kier alpha value is -5.83. The van der Waals surface area contributed by atoms with Gasteiger partial charge < -0.3 is 23.5 Å². The summed E-state index contributed by atoms with van der Waals surface area (Å²) in [4.78, 5) is 50.1. The molecule has 6 aromatic rings. The molecule has 15 heteroatoms. The number of imide groups is 1. The number of benzene rings is 1. The maximum atomic E-state index is 14.0. The number of nitrogens with zero attached hydrogens (tertiary/aromatic N) is 8. The first kappa shape index (κ1) is 35.6. The van der Waals surface area contributed by atoms with E-state index in [9.17, 15) is 14.4 Å². The summed E-state index contributed by atoms with van der Waals surface area (Å²) in [7, 11) is 1.81. The lowest BCUT2D eigenvalue weighted by Gasteiger charge is -2.28. The predicted molar refractivity (Wildman–Crippen MR) is 197 cm³/mol. The van der Waals surface area contributed by atoms with Crippen molar-refractivity contribution in [2.75, 3.05) is 11.5 Å². The van der Waals surface area contributed by atoms with Gasteiger partial charge in [0, 0.05) is 36.7 Å². The molecule has 15 nitrogen and oxygen atoms in total. The average molecular weight is 723 g/mol. The monoisotopic (exact) mass is 722 g/mol. The van der Waals surface area contributed by atoms with Gasteiger partial charge in [0.05, 0.1) is 41.1 Å². The summed E-state index contributed by atoms with van der Waals surface area (Å²) in [6.07, 6.45) is 6.10. The molecule has 5 aromatic heterocycles. The van der Waals surface area contributed by atoms with Gasteiger partial charge in [0.1, 0.15) is 28.3 Å². The maximum Gasteiger partial charge on any atom is 0.425 e. The lowest BCUT2D eigenvalue weighted by atomic mass is 10.2. The number of aromatic nitrogens is 7. The second-order valence-corrected chi connectivity index (χ2v) is 15.0. The lowest BCUT2D eigenvalue weighted by molar-refractivity contribution is -0.0366. The molecule has 0 spiro atoms. The number of hydrogen-bond donors (Lipinski definition) is 0. The minimum Gasteiger partial charge on any atom is -0.443 e. The van der Waals surface area contributed by atoms with E-state index in [1.54, 1.807) is 76.8 Å². The molecule has 0 saturated carbocycles. The van der Waals surface area contributed by atoms with Gasteiger partial charge in [-0.2, -0.15) is 15.1 Å². The quantitative estimate of drug-likeness (QED) is 0.171. The first-order valence-corrected chi connectivity index (χ1v) is 17.5. The number of rotatable bonds is 6. The van der Waals surface area contributed by atoms with E-state index in [-0.39, 0.29) is 24.1 Å². The third kappa shape index (κ3) is 7.29. The van der Waals surface area contributed by atoms with Crippen molar-refractivity contribution in [1.82, 2.24) is 34.1 Å². The number of fused-ring (bicyclic) bond motifs is 4. The summed E-state index contributed by atoms with van der Waals surface area (Å²) in [5.74, 6) is 0.939. The zero-order valence-electron chi connectivity index (χ0n) is 30.8. The molecule has 1 atom stereocenters. The largest absolute Gasteiger partial charge is 0.443 e. The number of anilines is 1. The number of ether oxygens (including phenoxy) is 4. The van der Waals surface area contributed by atoms with Gasteiger partial charge in [0.25, 0.3) is 5.56 Å². The second kappa shape index (κ2) is 13.6. The molecule has 1 unspecified atom stereocenters. The highest BCUT2D eigenvalue weighted by Gasteiger charge is 2.34. The van der Waals surface area contributed by atoms with Crippen LogP contribution in [0.15, 0.2) is 65.8 Å². The van der Waals surface area contributed by atoms with Crippen LogP contribution in [0.2, 0.25) is 0 Å². The van der Waals surface area contributed by atoms with E-state index >= 15 is 0 Å². The average Bonchev–Trinajstić information content (AvgIpc) is 3.65. The fourth-order valence-electron chi connectivity index (χ4n) is 6.31. The molecule has 53 heavy (non-hydrogen) atoms. The first-order valence-electron chi connectivity index (χ1n) is 17.5. The Balaban J connectivity index is 1.18. The van der Waals surface area contributed by atoms with Crippen LogP contribution >= 0.6 is 0 Å². The standard InChI is InChI=1S/C38H42N8O7/c1-37(2,3)52-35(48)45(36(49)53-38(4,5)6)30-12-10-11-23(42-30)22-44-34(47)32-26(20-40-44)25-15-14-24(19-29(25)43(32)7)51-33-27-21-41-46(28(27)16-17-39-33)31-13-8-9-18-50-31/h10-12,14-17,19-21,31H,8-9,13,18,22H2,1-7H3. The minimum atomic E-state index is -0.941. The van der Waals surface area contributed by atoms with E-state index in [4.69, 9.17) is 18.9 Å². The van der Waals surface area contributed by atoms with Gasteiger partial charge in [0.15, 0.2) is 6.23 Å².